The fourth-order valence-electron chi connectivity index (χ4n) is 7.43. The molecule has 4 aliphatic heterocycles. The summed E-state index contributed by atoms with van der Waals surface area (Å²) in [5.74, 6) is 0.711. The molecule has 0 aromatic carbocycles. The summed E-state index contributed by atoms with van der Waals surface area (Å²) in [6, 6.07) is 24.2. The molecule has 0 spiro atoms. The summed E-state index contributed by atoms with van der Waals surface area (Å²) < 4.78 is 2.39. The number of carbonyl (C=O) groups excluding carboxylic acids is 1. The summed E-state index contributed by atoms with van der Waals surface area (Å²) in [6.45, 7) is 11.7. The number of amides is 2. The smallest absolute Gasteiger partial charge is 0.327 e. The average Bonchev–Trinajstić information content (AvgIpc) is 3.81. The van der Waals surface area contributed by atoms with Crippen LogP contribution in [-0.4, -0.2) is 74.2 Å². The van der Waals surface area contributed by atoms with Crippen molar-refractivity contribution in [2.24, 2.45) is 4.99 Å². The molecule has 0 unspecified atom stereocenters. The number of carbonyl (C=O) groups is 1. The highest BCUT2D eigenvalue weighted by Crippen LogP contribution is 2.40. The highest BCUT2D eigenvalue weighted by atomic mass is 16.2. The fourth-order valence-corrected chi connectivity index (χ4v) is 7.43. The number of aryl methyl sites for hydroxylation is 4. The van der Waals surface area contributed by atoms with Crippen molar-refractivity contribution in [2.45, 2.75) is 52.6 Å². The van der Waals surface area contributed by atoms with Gasteiger partial charge in [-0.1, -0.05) is 0 Å². The van der Waals surface area contributed by atoms with E-state index in [0.29, 0.717) is 17.5 Å². The number of anilines is 4. The number of hydrogen-bond donors (Lipinski definition) is 2. The summed E-state index contributed by atoms with van der Waals surface area (Å²) in [6.07, 6.45) is 9.03. The van der Waals surface area contributed by atoms with Gasteiger partial charge in [-0.3, -0.25) is 29.8 Å². The Hall–Kier alpha value is -6.63. The third kappa shape index (κ3) is 7.92. The van der Waals surface area contributed by atoms with Crippen molar-refractivity contribution in [3.8, 4) is 22.5 Å². The first kappa shape index (κ1) is 36.4. The molecule has 0 radical (unpaired) electrons. The van der Waals surface area contributed by atoms with Crippen molar-refractivity contribution < 1.29 is 4.79 Å². The van der Waals surface area contributed by atoms with E-state index in [2.05, 4.69) is 59.0 Å². The predicted octanol–water partition coefficient (Wildman–Crippen LogP) is 5.11. The van der Waals surface area contributed by atoms with Gasteiger partial charge in [0.1, 0.15) is 12.6 Å². The van der Waals surface area contributed by atoms with Crippen LogP contribution in [0.2, 0.25) is 0 Å². The molecule has 10 rings (SSSR count). The number of nitrogens with zero attached hydrogens (tertiary/aromatic N) is 10. The number of urea groups is 1. The standard InChI is InChI=1S/C22H22N6O.C15H15N4.C6H8N2/c1-14-3-4-17(12-24-14)25-22(29)28-18-8-10-27(13-18)20-6-5-19(26-21(20)28)16-7-9-23-15(2)11-16;1-10-8-11(4-6-16-10)13-2-3-14-15(18-13)17-12-5-7-19(14)9-12;1-5-2-3-6(7)4-8-5/h3-7,9,11-12,18H,8,10,13H2,1-2H3,(H,25,29);2-4,6,8,12H,5,7,9H2,1H3;2-4H,7H2,1H3/q;+1;/t18-;12-;/m00./s1. The third-order valence-electron chi connectivity index (χ3n) is 10.3. The Morgan fingerprint density at radius 2 is 1.46 bits per heavy atom. The number of nitrogen functional groups attached to an aromatic ring is 1. The fraction of sp³-hybridized carbons (Fsp3) is 0.279. The maximum absolute atomic E-state index is 13.2. The lowest BCUT2D eigenvalue weighted by Gasteiger charge is -2.36. The van der Waals surface area contributed by atoms with E-state index in [1.165, 1.54) is 5.36 Å². The van der Waals surface area contributed by atoms with Crippen LogP contribution < -0.4 is 36.3 Å². The number of fused-ring (bicyclic) bond motifs is 7. The van der Waals surface area contributed by atoms with Crippen molar-refractivity contribution in [1.29, 1.82) is 0 Å². The van der Waals surface area contributed by atoms with Crippen LogP contribution in [0.25, 0.3) is 22.5 Å². The van der Waals surface area contributed by atoms with Gasteiger partial charge in [0.15, 0.2) is 12.4 Å². The molecule has 6 aromatic heterocycles. The Balaban J connectivity index is 0.000000139. The quantitative estimate of drug-likeness (QED) is 0.236. The molecular formula is C43H45N12O+. The molecular weight excluding hydrogens is 701 g/mol. The minimum absolute atomic E-state index is 0.114. The summed E-state index contributed by atoms with van der Waals surface area (Å²) in [7, 11) is 0. The molecule has 13 heteroatoms. The predicted molar refractivity (Wildman–Crippen MR) is 219 cm³/mol. The Kier molecular flexibility index (Phi) is 10.1. The van der Waals surface area contributed by atoms with E-state index in [0.717, 1.165) is 101 Å². The molecule has 0 aliphatic carbocycles. The second-order valence-corrected chi connectivity index (χ2v) is 14.6. The van der Waals surface area contributed by atoms with E-state index < -0.39 is 0 Å². The van der Waals surface area contributed by atoms with E-state index in [9.17, 15) is 4.79 Å². The van der Waals surface area contributed by atoms with Crippen LogP contribution in [0.4, 0.5) is 27.7 Å². The molecule has 2 amide bonds. The Labute approximate surface area is 325 Å². The van der Waals surface area contributed by atoms with Crippen molar-refractivity contribution in [2.75, 3.05) is 47.0 Å². The largest absolute Gasteiger partial charge is 0.397 e. The maximum Gasteiger partial charge on any atom is 0.327 e. The lowest BCUT2D eigenvalue weighted by atomic mass is 10.1. The summed E-state index contributed by atoms with van der Waals surface area (Å²) in [5, 5.41) is 4.17. The van der Waals surface area contributed by atoms with Gasteiger partial charge in [-0.25, -0.2) is 19.3 Å². The number of rotatable bonds is 3. The van der Waals surface area contributed by atoms with Gasteiger partial charge in [-0.05, 0) is 101 Å². The van der Waals surface area contributed by atoms with Crippen LogP contribution in [0.5, 0.6) is 0 Å². The molecule has 6 aromatic rings. The Morgan fingerprint density at radius 1 is 0.768 bits per heavy atom. The van der Waals surface area contributed by atoms with E-state index in [1.807, 2.05) is 87.3 Å². The van der Waals surface area contributed by atoms with Crippen LogP contribution in [0.15, 0.2) is 103 Å². The van der Waals surface area contributed by atoms with E-state index in [4.69, 9.17) is 20.7 Å². The van der Waals surface area contributed by atoms with Gasteiger partial charge >= 0.3 is 6.03 Å². The van der Waals surface area contributed by atoms with Crippen molar-refractivity contribution in [3.63, 3.8) is 0 Å². The molecule has 2 saturated heterocycles. The number of hydrogen-bond acceptors (Lipinski definition) is 10. The maximum atomic E-state index is 13.2. The number of pyridine rings is 6. The van der Waals surface area contributed by atoms with Gasteiger partial charge in [0.05, 0.1) is 46.9 Å². The highest BCUT2D eigenvalue weighted by Gasteiger charge is 2.40. The lowest BCUT2D eigenvalue weighted by Crippen LogP contribution is -2.48. The molecule has 4 aliphatic rings. The summed E-state index contributed by atoms with van der Waals surface area (Å²) >= 11 is 0. The molecule has 0 saturated carbocycles. The van der Waals surface area contributed by atoms with E-state index >= 15 is 0 Å². The van der Waals surface area contributed by atoms with Crippen LogP contribution in [0, 0.1) is 27.7 Å². The normalized spacial score (nSPS) is 17.0. The van der Waals surface area contributed by atoms with Gasteiger partial charge in [-0.15, -0.1) is 0 Å². The minimum atomic E-state index is -0.168. The highest BCUT2D eigenvalue weighted by molar-refractivity contribution is 6.04. The zero-order chi connectivity index (χ0) is 38.8. The molecule has 4 bridgehead atoms. The van der Waals surface area contributed by atoms with Crippen LogP contribution >= 0.6 is 0 Å². The molecule has 10 heterocycles. The Bertz CT molecular complexity index is 2500. The van der Waals surface area contributed by atoms with E-state index in [-0.39, 0.29) is 12.1 Å². The first-order valence-electron chi connectivity index (χ1n) is 19.0. The van der Waals surface area contributed by atoms with Crippen LogP contribution in [-0.2, 0) is 0 Å². The molecule has 56 heavy (non-hydrogen) atoms. The zero-order valence-corrected chi connectivity index (χ0v) is 32.1. The molecule has 3 N–H and O–H groups in total. The van der Waals surface area contributed by atoms with Gasteiger partial charge in [0.25, 0.3) is 0 Å². The SMILES string of the molecule is Cc1cc(-c2ccc3c(n2)=N[C@H]2CC[N+]=3C2)ccn1.Cc1ccc(N)cn1.Cc1ccc(NC(=O)N2c3nc(-c4ccnc(C)c4)ccc3N3CC[C@H]2C3)cn1. The second-order valence-electron chi connectivity index (χ2n) is 14.6. The second kappa shape index (κ2) is 15.6. The summed E-state index contributed by atoms with van der Waals surface area (Å²) in [5.41, 5.74) is 16.5. The molecule has 2 atom stereocenters. The van der Waals surface area contributed by atoms with Crippen LogP contribution in [0.3, 0.4) is 0 Å². The van der Waals surface area contributed by atoms with Gasteiger partial charge in [0.2, 0.25) is 10.8 Å². The van der Waals surface area contributed by atoms with Crippen molar-refractivity contribution in [1.82, 2.24) is 34.5 Å². The number of aromatic nitrogens is 6. The number of nitrogens with one attached hydrogen (secondary N) is 1. The average molecular weight is 746 g/mol. The minimum Gasteiger partial charge on any atom is -0.397 e. The van der Waals surface area contributed by atoms with Crippen LogP contribution in [0.1, 0.15) is 35.6 Å². The van der Waals surface area contributed by atoms with Gasteiger partial charge in [0, 0.05) is 71.9 Å². The third-order valence-corrected chi connectivity index (χ3v) is 10.3. The van der Waals surface area contributed by atoms with Gasteiger partial charge < -0.3 is 16.0 Å². The monoisotopic (exact) mass is 745 g/mol. The first-order valence-corrected chi connectivity index (χ1v) is 19.0. The number of nitrogens with two attached hydrogens (primary N) is 1. The first-order chi connectivity index (χ1) is 27.2. The van der Waals surface area contributed by atoms with Gasteiger partial charge in [-0.2, -0.15) is 0 Å². The van der Waals surface area contributed by atoms with Crippen molar-refractivity contribution in [3.05, 3.63) is 131 Å². The van der Waals surface area contributed by atoms with Crippen molar-refractivity contribution >= 4 is 28.9 Å². The van der Waals surface area contributed by atoms with E-state index in [1.54, 1.807) is 18.6 Å². The lowest BCUT2D eigenvalue weighted by molar-refractivity contribution is 0.255. The topological polar surface area (TPSA) is 154 Å². The molecule has 13 nitrogen and oxygen atoms in total. The summed E-state index contributed by atoms with van der Waals surface area (Å²) in [4.78, 5) is 48.4. The molecule has 2 fully saturated rings. The Morgan fingerprint density at radius 3 is 2.12 bits per heavy atom. The molecule has 282 valence electrons. The zero-order valence-electron chi connectivity index (χ0n) is 32.1.